The average molecular weight is 397 g/mol. The van der Waals surface area contributed by atoms with Gasteiger partial charge >= 0.3 is 0 Å². The first-order valence-electron chi connectivity index (χ1n) is 8.85. The fraction of sp³-hybridized carbons (Fsp3) is 0.190. The highest BCUT2D eigenvalue weighted by Gasteiger charge is 2.19. The van der Waals surface area contributed by atoms with Crippen LogP contribution in [0.1, 0.15) is 28.7 Å². The van der Waals surface area contributed by atoms with Crippen molar-refractivity contribution in [2.24, 2.45) is 0 Å². The smallest absolute Gasteiger partial charge is 0.257 e. The van der Waals surface area contributed by atoms with Crippen molar-refractivity contribution in [2.45, 2.75) is 26.1 Å². The van der Waals surface area contributed by atoms with E-state index in [1.807, 2.05) is 44.2 Å². The number of hydrogen-bond acceptors (Lipinski definition) is 3. The molecule has 0 spiro atoms. The average Bonchev–Trinajstić information content (AvgIpc) is 2.97. The van der Waals surface area contributed by atoms with Crippen molar-refractivity contribution in [3.63, 3.8) is 0 Å². The number of hydrogen-bond donors (Lipinski definition) is 2. The largest absolute Gasteiger partial charge is 0.324 e. The number of para-hydroxylation sites is 2. The monoisotopic (exact) mass is 396 g/mol. The number of rotatable bonds is 5. The van der Waals surface area contributed by atoms with Crippen LogP contribution in [0.25, 0.3) is 5.69 Å². The molecule has 1 aromatic heterocycles. The number of amides is 2. The van der Waals surface area contributed by atoms with E-state index < -0.39 is 5.38 Å². The molecule has 0 saturated heterocycles. The van der Waals surface area contributed by atoms with E-state index in [1.54, 1.807) is 35.9 Å². The van der Waals surface area contributed by atoms with Gasteiger partial charge in [-0.15, -0.1) is 11.6 Å². The third-order valence-corrected chi connectivity index (χ3v) is 4.52. The van der Waals surface area contributed by atoms with Gasteiger partial charge in [0.2, 0.25) is 5.91 Å². The van der Waals surface area contributed by atoms with Crippen molar-refractivity contribution in [3.05, 3.63) is 71.5 Å². The molecule has 0 fully saturated rings. The lowest BCUT2D eigenvalue weighted by molar-refractivity contribution is -0.115. The molecular weight excluding hydrogens is 376 g/mol. The van der Waals surface area contributed by atoms with E-state index in [-0.39, 0.29) is 11.8 Å². The van der Waals surface area contributed by atoms with Crippen molar-refractivity contribution in [1.82, 2.24) is 9.78 Å². The molecule has 0 aliphatic heterocycles. The summed E-state index contributed by atoms with van der Waals surface area (Å²) in [6.07, 6.45) is 0. The summed E-state index contributed by atoms with van der Waals surface area (Å²) in [6.45, 7) is 5.31. The lowest BCUT2D eigenvalue weighted by atomic mass is 10.1. The van der Waals surface area contributed by atoms with Gasteiger partial charge in [-0.25, -0.2) is 4.68 Å². The molecule has 1 heterocycles. The van der Waals surface area contributed by atoms with Gasteiger partial charge in [0.1, 0.15) is 5.38 Å². The molecule has 0 bridgehead atoms. The Morgan fingerprint density at radius 2 is 1.64 bits per heavy atom. The number of nitrogens with one attached hydrogen (secondary N) is 2. The summed E-state index contributed by atoms with van der Waals surface area (Å²) in [5.74, 6) is -0.705. The first kappa shape index (κ1) is 19.6. The second-order valence-electron chi connectivity index (χ2n) is 6.40. The normalized spacial score (nSPS) is 11.7. The number of alkyl halides is 1. The van der Waals surface area contributed by atoms with E-state index in [9.17, 15) is 9.59 Å². The molecule has 144 valence electrons. The van der Waals surface area contributed by atoms with Gasteiger partial charge < -0.3 is 10.6 Å². The summed E-state index contributed by atoms with van der Waals surface area (Å²) in [4.78, 5) is 24.8. The highest BCUT2D eigenvalue weighted by atomic mass is 35.5. The molecule has 2 N–H and O–H groups in total. The maximum absolute atomic E-state index is 12.9. The predicted octanol–water partition coefficient (Wildman–Crippen LogP) is 4.31. The van der Waals surface area contributed by atoms with Crippen molar-refractivity contribution in [1.29, 1.82) is 0 Å². The van der Waals surface area contributed by atoms with Gasteiger partial charge in [0.05, 0.1) is 34.0 Å². The zero-order valence-electron chi connectivity index (χ0n) is 15.9. The fourth-order valence-corrected chi connectivity index (χ4v) is 2.90. The summed E-state index contributed by atoms with van der Waals surface area (Å²) in [5, 5.41) is 9.44. The molecule has 2 amide bonds. The molecule has 0 radical (unpaired) electrons. The SMILES string of the molecule is Cc1nn(-c2ccccc2)c(C)c1NC(=O)c1ccccc1NC(=O)[C@@H](C)Cl. The predicted molar refractivity (Wildman–Crippen MR) is 111 cm³/mol. The molecule has 28 heavy (non-hydrogen) atoms. The fourth-order valence-electron chi connectivity index (χ4n) is 2.85. The molecular formula is C21H21ClN4O2. The molecule has 0 saturated carbocycles. The minimum absolute atomic E-state index is 0.336. The lowest BCUT2D eigenvalue weighted by Crippen LogP contribution is -2.23. The molecule has 0 aliphatic rings. The van der Waals surface area contributed by atoms with Crippen LogP contribution in [0.2, 0.25) is 0 Å². The number of halogens is 1. The third-order valence-electron chi connectivity index (χ3n) is 4.32. The van der Waals surface area contributed by atoms with E-state index >= 15 is 0 Å². The summed E-state index contributed by atoms with van der Waals surface area (Å²) in [7, 11) is 0. The van der Waals surface area contributed by atoms with Gasteiger partial charge in [-0.05, 0) is 45.0 Å². The Hall–Kier alpha value is -3.12. The topological polar surface area (TPSA) is 76.0 Å². The second-order valence-corrected chi connectivity index (χ2v) is 7.05. The number of nitrogens with zero attached hydrogens (tertiary/aromatic N) is 2. The second kappa shape index (κ2) is 8.27. The summed E-state index contributed by atoms with van der Waals surface area (Å²) < 4.78 is 1.79. The Morgan fingerprint density at radius 3 is 2.32 bits per heavy atom. The third kappa shape index (κ3) is 4.07. The summed E-state index contributed by atoms with van der Waals surface area (Å²) in [6, 6.07) is 16.5. The minimum Gasteiger partial charge on any atom is -0.324 e. The van der Waals surface area contributed by atoms with Gasteiger partial charge in [0, 0.05) is 0 Å². The van der Waals surface area contributed by atoms with E-state index in [0.717, 1.165) is 11.4 Å². The van der Waals surface area contributed by atoms with Crippen LogP contribution in [-0.2, 0) is 4.79 Å². The van der Waals surface area contributed by atoms with Crippen LogP contribution < -0.4 is 10.6 Å². The van der Waals surface area contributed by atoms with Crippen LogP contribution >= 0.6 is 11.6 Å². The maximum atomic E-state index is 12.9. The molecule has 1 atom stereocenters. The summed E-state index contributed by atoms with van der Waals surface area (Å²) in [5.41, 5.74) is 3.81. The standard InChI is InChI=1S/C21H21ClN4O2/c1-13(22)20(27)23-18-12-8-7-11-17(18)21(28)24-19-14(2)25-26(15(19)3)16-9-5-4-6-10-16/h4-13H,1-3H3,(H,23,27)(H,24,28)/t13-/m1/s1. The van der Waals surface area contributed by atoms with E-state index in [1.165, 1.54) is 0 Å². The highest BCUT2D eigenvalue weighted by Crippen LogP contribution is 2.25. The molecule has 3 aromatic rings. The zero-order valence-corrected chi connectivity index (χ0v) is 16.6. The minimum atomic E-state index is -0.704. The Labute approximate surface area is 168 Å². The van der Waals surface area contributed by atoms with Gasteiger partial charge in [-0.2, -0.15) is 5.10 Å². The first-order valence-corrected chi connectivity index (χ1v) is 9.29. The van der Waals surface area contributed by atoms with Gasteiger partial charge in [0.25, 0.3) is 5.91 Å². The van der Waals surface area contributed by atoms with Crippen molar-refractivity contribution >= 4 is 34.8 Å². The number of carbonyl (C=O) groups is 2. The quantitative estimate of drug-likeness (QED) is 0.631. The van der Waals surface area contributed by atoms with E-state index in [4.69, 9.17) is 11.6 Å². The van der Waals surface area contributed by atoms with E-state index in [2.05, 4.69) is 15.7 Å². The van der Waals surface area contributed by atoms with Crippen LogP contribution in [-0.4, -0.2) is 27.0 Å². The molecule has 3 rings (SSSR count). The Bertz CT molecular complexity index is 1010. The Balaban J connectivity index is 1.89. The highest BCUT2D eigenvalue weighted by molar-refractivity contribution is 6.32. The van der Waals surface area contributed by atoms with Gasteiger partial charge in [-0.1, -0.05) is 30.3 Å². The zero-order chi connectivity index (χ0) is 20.3. The van der Waals surface area contributed by atoms with Gasteiger partial charge in [0.15, 0.2) is 0 Å². The van der Waals surface area contributed by atoms with Crippen LogP contribution in [0.15, 0.2) is 54.6 Å². The molecule has 0 aliphatic carbocycles. The molecule has 7 heteroatoms. The van der Waals surface area contributed by atoms with E-state index in [0.29, 0.717) is 22.6 Å². The van der Waals surface area contributed by atoms with Crippen LogP contribution in [0, 0.1) is 13.8 Å². The van der Waals surface area contributed by atoms with Crippen LogP contribution in [0.5, 0.6) is 0 Å². The van der Waals surface area contributed by atoms with Crippen LogP contribution in [0.4, 0.5) is 11.4 Å². The Kier molecular flexibility index (Phi) is 5.80. The first-order chi connectivity index (χ1) is 13.4. The number of anilines is 2. The lowest BCUT2D eigenvalue weighted by Gasteiger charge is -2.12. The molecule has 0 unspecified atom stereocenters. The molecule has 2 aromatic carbocycles. The Morgan fingerprint density at radius 1 is 1.00 bits per heavy atom. The number of aromatic nitrogens is 2. The van der Waals surface area contributed by atoms with Crippen LogP contribution in [0.3, 0.4) is 0 Å². The summed E-state index contributed by atoms with van der Waals surface area (Å²) >= 11 is 5.82. The number of benzene rings is 2. The molecule has 6 nitrogen and oxygen atoms in total. The maximum Gasteiger partial charge on any atom is 0.257 e. The van der Waals surface area contributed by atoms with Crippen molar-refractivity contribution in [3.8, 4) is 5.69 Å². The van der Waals surface area contributed by atoms with Crippen molar-refractivity contribution < 1.29 is 9.59 Å². The van der Waals surface area contributed by atoms with Gasteiger partial charge in [-0.3, -0.25) is 9.59 Å². The van der Waals surface area contributed by atoms with Crippen molar-refractivity contribution in [2.75, 3.05) is 10.6 Å². The number of aryl methyl sites for hydroxylation is 1. The number of carbonyl (C=O) groups excluding carboxylic acids is 2.